The minimum absolute atomic E-state index is 0.0350. The van der Waals surface area contributed by atoms with E-state index in [1.54, 1.807) is 36.4 Å². The number of ketones is 2. The number of amides is 1. The number of carbonyl (C=O) groups is 3. The third-order valence-electron chi connectivity index (χ3n) is 4.50. The van der Waals surface area contributed by atoms with Crippen molar-refractivity contribution in [1.29, 1.82) is 0 Å². The minimum atomic E-state index is -0.722. The molecule has 128 valence electrons. The Labute approximate surface area is 151 Å². The lowest BCUT2D eigenvalue weighted by Gasteiger charge is -2.30. The smallest absolute Gasteiger partial charge is 0.224 e. The number of hydrogen-bond donors (Lipinski definition) is 0. The van der Waals surface area contributed by atoms with Gasteiger partial charge in [-0.15, -0.1) is 0 Å². The van der Waals surface area contributed by atoms with Crippen LogP contribution in [0, 0.1) is 0 Å². The number of carbonyl (C=O) groups excluding carboxylic acids is 3. The molecule has 2 unspecified atom stereocenters. The molecule has 1 aliphatic rings. The van der Waals surface area contributed by atoms with E-state index < -0.39 is 12.0 Å². The second-order valence-corrected chi connectivity index (χ2v) is 6.72. The highest BCUT2D eigenvalue weighted by Crippen LogP contribution is 2.40. The molecule has 2 atom stereocenters. The van der Waals surface area contributed by atoms with Crippen molar-refractivity contribution in [2.45, 2.75) is 32.2 Å². The molecule has 1 heterocycles. The summed E-state index contributed by atoms with van der Waals surface area (Å²) in [6.07, 6.45) is 0.176. The van der Waals surface area contributed by atoms with Gasteiger partial charge in [0.05, 0.1) is 5.69 Å². The first-order valence-electron chi connectivity index (χ1n) is 8.08. The number of rotatable bonds is 4. The van der Waals surface area contributed by atoms with Crippen LogP contribution < -0.4 is 4.90 Å². The number of para-hydroxylation sites is 1. The van der Waals surface area contributed by atoms with E-state index in [0.717, 1.165) is 5.56 Å². The molecule has 0 N–H and O–H groups in total. The van der Waals surface area contributed by atoms with E-state index >= 15 is 0 Å². The zero-order valence-corrected chi connectivity index (χ0v) is 14.8. The number of fused-ring (bicyclic) bond motifs is 1. The Balaban J connectivity index is 2.11. The van der Waals surface area contributed by atoms with Crippen molar-refractivity contribution in [3.05, 3.63) is 64.7 Å². The minimum Gasteiger partial charge on any atom is -0.300 e. The second-order valence-electron chi connectivity index (χ2n) is 6.28. The second kappa shape index (κ2) is 6.81. The predicted molar refractivity (Wildman–Crippen MR) is 97.2 cm³/mol. The maximum atomic E-state index is 13.0. The molecule has 1 amide bonds. The molecule has 4 nitrogen and oxygen atoms in total. The van der Waals surface area contributed by atoms with Gasteiger partial charge >= 0.3 is 0 Å². The van der Waals surface area contributed by atoms with Gasteiger partial charge < -0.3 is 9.69 Å². The summed E-state index contributed by atoms with van der Waals surface area (Å²) >= 11 is 5.96. The van der Waals surface area contributed by atoms with Gasteiger partial charge in [0.15, 0.2) is 5.78 Å². The first-order chi connectivity index (χ1) is 11.9. The van der Waals surface area contributed by atoms with Crippen LogP contribution in [0.5, 0.6) is 0 Å². The van der Waals surface area contributed by atoms with E-state index in [1.807, 2.05) is 12.1 Å². The lowest BCUT2D eigenvalue weighted by atomic mass is 9.84. The SMILES string of the molecule is CC(=O)CC(c1ccc(Cl)cc1)C1C(=O)c2ccccc2N1C(C)=O. The van der Waals surface area contributed by atoms with Gasteiger partial charge in [-0.05, 0) is 36.8 Å². The fourth-order valence-corrected chi connectivity index (χ4v) is 3.60. The first kappa shape index (κ1) is 17.4. The summed E-state index contributed by atoms with van der Waals surface area (Å²) in [7, 11) is 0. The molecule has 0 bridgehead atoms. The Morgan fingerprint density at radius 2 is 1.72 bits per heavy atom. The van der Waals surface area contributed by atoms with Crippen LogP contribution in [0.25, 0.3) is 0 Å². The third kappa shape index (κ3) is 3.22. The lowest BCUT2D eigenvalue weighted by Crippen LogP contribution is -2.43. The van der Waals surface area contributed by atoms with Gasteiger partial charge in [0.25, 0.3) is 0 Å². The van der Waals surface area contributed by atoms with Gasteiger partial charge in [0.1, 0.15) is 11.8 Å². The Hall–Kier alpha value is -2.46. The van der Waals surface area contributed by atoms with Gasteiger partial charge in [0, 0.05) is 29.8 Å². The molecule has 1 aliphatic heterocycles. The fourth-order valence-electron chi connectivity index (χ4n) is 3.48. The Bertz CT molecular complexity index is 844. The van der Waals surface area contributed by atoms with Crippen molar-refractivity contribution >= 4 is 34.8 Å². The van der Waals surface area contributed by atoms with Crippen LogP contribution in [0.2, 0.25) is 5.02 Å². The van der Waals surface area contributed by atoms with Crippen molar-refractivity contribution in [3.63, 3.8) is 0 Å². The molecular formula is C20H18ClNO3. The molecule has 3 rings (SSSR count). The normalized spacial score (nSPS) is 17.3. The summed E-state index contributed by atoms with van der Waals surface area (Å²) in [5.41, 5.74) is 1.94. The van der Waals surface area contributed by atoms with Gasteiger partial charge in [-0.25, -0.2) is 0 Å². The highest BCUT2D eigenvalue weighted by Gasteiger charge is 2.44. The van der Waals surface area contributed by atoms with Crippen molar-refractivity contribution in [2.75, 3.05) is 4.90 Å². The average Bonchev–Trinajstić information content (AvgIpc) is 2.87. The maximum Gasteiger partial charge on any atom is 0.224 e. The molecule has 0 radical (unpaired) electrons. The number of nitrogens with zero attached hydrogens (tertiary/aromatic N) is 1. The topological polar surface area (TPSA) is 54.5 Å². The van der Waals surface area contributed by atoms with Gasteiger partial charge in [-0.1, -0.05) is 35.9 Å². The summed E-state index contributed by atoms with van der Waals surface area (Å²) in [5, 5.41) is 0.579. The zero-order chi connectivity index (χ0) is 18.1. The van der Waals surface area contributed by atoms with Crippen molar-refractivity contribution in [3.8, 4) is 0 Å². The summed E-state index contributed by atoms with van der Waals surface area (Å²) in [4.78, 5) is 38.7. The van der Waals surface area contributed by atoms with Crippen LogP contribution in [0.3, 0.4) is 0 Å². The Kier molecular flexibility index (Phi) is 4.73. The van der Waals surface area contributed by atoms with Crippen LogP contribution in [-0.2, 0) is 9.59 Å². The first-order valence-corrected chi connectivity index (χ1v) is 8.46. The Morgan fingerprint density at radius 3 is 2.32 bits per heavy atom. The molecule has 0 fully saturated rings. The number of hydrogen-bond acceptors (Lipinski definition) is 3. The molecule has 0 aromatic heterocycles. The predicted octanol–water partition coefficient (Wildman–Crippen LogP) is 4.02. The molecule has 0 saturated heterocycles. The van der Waals surface area contributed by atoms with E-state index in [-0.39, 0.29) is 23.9 Å². The average molecular weight is 356 g/mol. The van der Waals surface area contributed by atoms with E-state index in [9.17, 15) is 14.4 Å². The number of anilines is 1. The largest absolute Gasteiger partial charge is 0.300 e. The molecule has 5 heteroatoms. The molecule has 0 spiro atoms. The van der Waals surface area contributed by atoms with Crippen molar-refractivity contribution in [1.82, 2.24) is 0 Å². The summed E-state index contributed by atoms with van der Waals surface area (Å²) < 4.78 is 0. The van der Waals surface area contributed by atoms with Crippen LogP contribution >= 0.6 is 11.6 Å². The quantitative estimate of drug-likeness (QED) is 0.832. The number of benzene rings is 2. The van der Waals surface area contributed by atoms with E-state index in [1.165, 1.54) is 18.7 Å². The summed E-state index contributed by atoms with van der Waals surface area (Å²) in [6.45, 7) is 2.93. The molecule has 0 aliphatic carbocycles. The molecular weight excluding hydrogens is 338 g/mol. The third-order valence-corrected chi connectivity index (χ3v) is 4.75. The van der Waals surface area contributed by atoms with Gasteiger partial charge in [-0.3, -0.25) is 9.59 Å². The molecule has 25 heavy (non-hydrogen) atoms. The molecule has 2 aromatic rings. The van der Waals surface area contributed by atoms with Gasteiger partial charge in [-0.2, -0.15) is 0 Å². The highest BCUT2D eigenvalue weighted by molar-refractivity contribution is 6.30. The van der Waals surface area contributed by atoms with Crippen LogP contribution in [0.15, 0.2) is 48.5 Å². The molecule has 0 saturated carbocycles. The highest BCUT2D eigenvalue weighted by atomic mass is 35.5. The van der Waals surface area contributed by atoms with Crippen LogP contribution in [0.1, 0.15) is 42.1 Å². The monoisotopic (exact) mass is 355 g/mol. The van der Waals surface area contributed by atoms with E-state index in [4.69, 9.17) is 11.6 Å². The van der Waals surface area contributed by atoms with Crippen LogP contribution in [-0.4, -0.2) is 23.5 Å². The fraction of sp³-hybridized carbons (Fsp3) is 0.250. The lowest BCUT2D eigenvalue weighted by molar-refractivity contribution is -0.119. The zero-order valence-electron chi connectivity index (χ0n) is 14.0. The Morgan fingerprint density at radius 1 is 1.08 bits per heavy atom. The number of Topliss-reactive ketones (excluding diaryl/α,β-unsaturated/α-hetero) is 2. The van der Waals surface area contributed by atoms with E-state index in [2.05, 4.69) is 0 Å². The maximum absolute atomic E-state index is 13.0. The van der Waals surface area contributed by atoms with Crippen molar-refractivity contribution in [2.24, 2.45) is 0 Å². The van der Waals surface area contributed by atoms with Crippen LogP contribution in [0.4, 0.5) is 5.69 Å². The summed E-state index contributed by atoms with van der Waals surface area (Å²) in [6, 6.07) is 13.4. The molecule has 2 aromatic carbocycles. The number of halogens is 1. The van der Waals surface area contributed by atoms with Crippen molar-refractivity contribution < 1.29 is 14.4 Å². The summed E-state index contributed by atoms with van der Waals surface area (Å²) in [5.74, 6) is -0.802. The standard InChI is InChI=1S/C20H18ClNO3/c1-12(23)11-17(14-7-9-15(21)10-8-14)19-20(25)16-5-3-4-6-18(16)22(19)13(2)24/h3-10,17,19H,11H2,1-2H3. The van der Waals surface area contributed by atoms with Gasteiger partial charge in [0.2, 0.25) is 5.91 Å². The van der Waals surface area contributed by atoms with E-state index in [0.29, 0.717) is 16.3 Å².